The Morgan fingerprint density at radius 1 is 1.53 bits per heavy atom. The lowest BCUT2D eigenvalue weighted by molar-refractivity contribution is 0.423. The normalized spacial score (nSPS) is 10.2. The van der Waals surface area contributed by atoms with Crippen LogP contribution < -0.4 is 5.32 Å². The summed E-state index contributed by atoms with van der Waals surface area (Å²) in [4.78, 5) is 3.98. The van der Waals surface area contributed by atoms with E-state index in [1.165, 1.54) is 6.07 Å². The Morgan fingerprint density at radius 3 is 2.94 bits per heavy atom. The summed E-state index contributed by atoms with van der Waals surface area (Å²) in [6.07, 6.45) is 1.70. The Hall–Kier alpha value is -2.17. The van der Waals surface area contributed by atoms with E-state index >= 15 is 0 Å². The minimum Gasteiger partial charge on any atom is -0.382 e. The van der Waals surface area contributed by atoms with E-state index in [9.17, 15) is 4.39 Å². The molecule has 0 saturated carbocycles. The largest absolute Gasteiger partial charge is 0.382 e. The predicted molar refractivity (Wildman–Crippen MR) is 63.1 cm³/mol. The minimum absolute atomic E-state index is 0.190. The number of nitrogens with zero attached hydrogens (tertiary/aromatic N) is 2. The summed E-state index contributed by atoms with van der Waals surface area (Å²) in [6, 6.07) is 4.74. The van der Waals surface area contributed by atoms with Crippen LogP contribution in [0.2, 0.25) is 0 Å². The molecule has 5 heteroatoms. The van der Waals surface area contributed by atoms with Crippen molar-refractivity contribution in [2.45, 2.75) is 6.92 Å². The molecule has 17 heavy (non-hydrogen) atoms. The van der Waals surface area contributed by atoms with Gasteiger partial charge in [-0.2, -0.15) is 4.98 Å². The van der Waals surface area contributed by atoms with Crippen molar-refractivity contribution in [3.8, 4) is 11.5 Å². The van der Waals surface area contributed by atoms with Crippen LogP contribution in [0.4, 0.5) is 10.1 Å². The molecule has 0 aliphatic carbocycles. The number of anilines is 1. The molecular weight excluding hydrogens is 221 g/mol. The molecular formula is C12H12FN3O. The van der Waals surface area contributed by atoms with Gasteiger partial charge in [-0.15, -0.1) is 6.58 Å². The van der Waals surface area contributed by atoms with Crippen molar-refractivity contribution in [1.29, 1.82) is 0 Å². The van der Waals surface area contributed by atoms with Crippen molar-refractivity contribution in [2.75, 3.05) is 11.9 Å². The molecule has 1 aromatic carbocycles. The average Bonchev–Trinajstić information content (AvgIpc) is 2.73. The van der Waals surface area contributed by atoms with Crippen molar-refractivity contribution >= 4 is 5.69 Å². The smallest absolute Gasteiger partial charge is 0.260 e. The quantitative estimate of drug-likeness (QED) is 0.825. The maximum atomic E-state index is 13.8. The zero-order chi connectivity index (χ0) is 12.3. The molecule has 0 radical (unpaired) electrons. The van der Waals surface area contributed by atoms with Crippen LogP contribution >= 0.6 is 0 Å². The first kappa shape index (κ1) is 11.3. The summed E-state index contributed by atoms with van der Waals surface area (Å²) in [5.41, 5.74) is 0.983. The summed E-state index contributed by atoms with van der Waals surface area (Å²) in [5.74, 6) is 0.270. The second-order valence-electron chi connectivity index (χ2n) is 3.51. The standard InChI is InChI=1S/C12H12FN3O/c1-3-6-14-9-4-5-10(11(13)7-9)12-15-8(2)16-17-12/h3-5,7,14H,1,6H2,2H3. The molecule has 2 rings (SSSR count). The van der Waals surface area contributed by atoms with E-state index in [-0.39, 0.29) is 5.89 Å². The molecule has 4 nitrogen and oxygen atoms in total. The Kier molecular flexibility index (Phi) is 3.18. The van der Waals surface area contributed by atoms with E-state index in [0.29, 0.717) is 23.6 Å². The predicted octanol–water partition coefficient (Wildman–Crippen LogP) is 2.78. The molecule has 0 atom stereocenters. The van der Waals surface area contributed by atoms with Gasteiger partial charge in [-0.1, -0.05) is 11.2 Å². The first-order valence-electron chi connectivity index (χ1n) is 5.15. The van der Waals surface area contributed by atoms with Gasteiger partial charge in [0.2, 0.25) is 0 Å². The number of rotatable bonds is 4. The molecule has 0 unspecified atom stereocenters. The Balaban J connectivity index is 2.28. The fraction of sp³-hybridized carbons (Fsp3) is 0.167. The van der Waals surface area contributed by atoms with Crippen molar-refractivity contribution in [2.24, 2.45) is 0 Å². The summed E-state index contributed by atoms with van der Waals surface area (Å²) >= 11 is 0. The van der Waals surface area contributed by atoms with Gasteiger partial charge in [-0.25, -0.2) is 4.39 Å². The highest BCUT2D eigenvalue weighted by Gasteiger charge is 2.12. The highest BCUT2D eigenvalue weighted by molar-refractivity contribution is 5.59. The molecule has 0 amide bonds. The second-order valence-corrected chi connectivity index (χ2v) is 3.51. The summed E-state index contributed by atoms with van der Waals surface area (Å²) in [6.45, 7) is 5.84. The monoisotopic (exact) mass is 233 g/mol. The molecule has 88 valence electrons. The van der Waals surface area contributed by atoms with E-state index in [1.807, 2.05) is 0 Å². The van der Waals surface area contributed by atoms with E-state index in [4.69, 9.17) is 4.52 Å². The lowest BCUT2D eigenvalue weighted by atomic mass is 10.2. The second kappa shape index (κ2) is 4.78. The molecule has 1 heterocycles. The Bertz CT molecular complexity index is 536. The third-order valence-electron chi connectivity index (χ3n) is 2.18. The van der Waals surface area contributed by atoms with E-state index in [0.717, 1.165) is 0 Å². The van der Waals surface area contributed by atoms with Gasteiger partial charge in [0.15, 0.2) is 5.82 Å². The van der Waals surface area contributed by atoms with E-state index in [2.05, 4.69) is 22.0 Å². The topological polar surface area (TPSA) is 51.0 Å². The number of aryl methyl sites for hydroxylation is 1. The maximum Gasteiger partial charge on any atom is 0.260 e. The van der Waals surface area contributed by atoms with Crippen molar-refractivity contribution in [1.82, 2.24) is 10.1 Å². The van der Waals surface area contributed by atoms with Crippen LogP contribution in [0.15, 0.2) is 35.4 Å². The Labute approximate surface area is 98.2 Å². The van der Waals surface area contributed by atoms with Crippen LogP contribution in [0.3, 0.4) is 0 Å². The highest BCUT2D eigenvalue weighted by atomic mass is 19.1. The zero-order valence-corrected chi connectivity index (χ0v) is 9.40. The molecule has 0 bridgehead atoms. The van der Waals surface area contributed by atoms with E-state index < -0.39 is 5.82 Å². The van der Waals surface area contributed by atoms with Gasteiger partial charge in [0.05, 0.1) is 5.56 Å². The summed E-state index contributed by atoms with van der Waals surface area (Å²) in [7, 11) is 0. The molecule has 0 saturated heterocycles. The molecule has 1 N–H and O–H groups in total. The van der Waals surface area contributed by atoms with Gasteiger partial charge in [0.25, 0.3) is 5.89 Å². The molecule has 0 fully saturated rings. The van der Waals surface area contributed by atoms with Crippen molar-refractivity contribution < 1.29 is 8.91 Å². The number of benzene rings is 1. The fourth-order valence-corrected chi connectivity index (χ4v) is 1.40. The lowest BCUT2D eigenvalue weighted by Gasteiger charge is -2.04. The molecule has 0 aliphatic heterocycles. The van der Waals surface area contributed by atoms with Gasteiger partial charge < -0.3 is 9.84 Å². The van der Waals surface area contributed by atoms with Crippen LogP contribution in [-0.4, -0.2) is 16.7 Å². The zero-order valence-electron chi connectivity index (χ0n) is 9.40. The minimum atomic E-state index is -0.400. The van der Waals surface area contributed by atoms with Crippen LogP contribution in [0.5, 0.6) is 0 Å². The number of hydrogen-bond acceptors (Lipinski definition) is 4. The van der Waals surface area contributed by atoms with Crippen molar-refractivity contribution in [3.05, 3.63) is 42.5 Å². The van der Waals surface area contributed by atoms with Gasteiger partial charge in [0, 0.05) is 12.2 Å². The average molecular weight is 233 g/mol. The van der Waals surface area contributed by atoms with Crippen LogP contribution in [0.25, 0.3) is 11.5 Å². The Morgan fingerprint density at radius 2 is 2.35 bits per heavy atom. The first-order chi connectivity index (χ1) is 8.20. The van der Waals surface area contributed by atoms with Crippen LogP contribution in [-0.2, 0) is 0 Å². The van der Waals surface area contributed by atoms with Crippen LogP contribution in [0, 0.1) is 12.7 Å². The van der Waals surface area contributed by atoms with E-state index in [1.54, 1.807) is 25.1 Å². The van der Waals surface area contributed by atoms with Gasteiger partial charge in [-0.05, 0) is 25.1 Å². The lowest BCUT2D eigenvalue weighted by Crippen LogP contribution is -1.98. The van der Waals surface area contributed by atoms with Crippen molar-refractivity contribution in [3.63, 3.8) is 0 Å². The van der Waals surface area contributed by atoms with Crippen LogP contribution in [0.1, 0.15) is 5.82 Å². The van der Waals surface area contributed by atoms with Gasteiger partial charge in [0.1, 0.15) is 5.82 Å². The third-order valence-corrected chi connectivity index (χ3v) is 2.18. The molecule has 0 aliphatic rings. The SMILES string of the molecule is C=CCNc1ccc(-c2nc(C)no2)c(F)c1. The molecule has 1 aromatic heterocycles. The number of aromatic nitrogens is 2. The van der Waals surface area contributed by atoms with Gasteiger partial charge in [-0.3, -0.25) is 0 Å². The summed E-state index contributed by atoms with van der Waals surface area (Å²) < 4.78 is 18.7. The number of halogens is 1. The van der Waals surface area contributed by atoms with Gasteiger partial charge >= 0.3 is 0 Å². The maximum absolute atomic E-state index is 13.8. The number of hydrogen-bond donors (Lipinski definition) is 1. The molecule has 2 aromatic rings. The highest BCUT2D eigenvalue weighted by Crippen LogP contribution is 2.23. The summed E-state index contributed by atoms with van der Waals surface area (Å²) in [5, 5.41) is 6.62. The molecule has 0 spiro atoms. The number of nitrogens with one attached hydrogen (secondary N) is 1. The first-order valence-corrected chi connectivity index (χ1v) is 5.15. The fourth-order valence-electron chi connectivity index (χ4n) is 1.40. The third kappa shape index (κ3) is 2.50.